The molecule has 1 N–H and O–H groups in total. The average Bonchev–Trinajstić information content (AvgIpc) is 2.54. The van der Waals surface area contributed by atoms with Crippen LogP contribution in [-0.4, -0.2) is 55.1 Å². The summed E-state index contributed by atoms with van der Waals surface area (Å²) in [7, 11) is 2.81. The largest absolute Gasteiger partial charge is 0.494 e. The molecule has 0 radical (unpaired) electrons. The van der Waals surface area contributed by atoms with Crippen molar-refractivity contribution in [3.63, 3.8) is 0 Å². The van der Waals surface area contributed by atoms with E-state index in [0.29, 0.717) is 17.1 Å². The van der Waals surface area contributed by atoms with Gasteiger partial charge in [0.25, 0.3) is 0 Å². The Kier molecular flexibility index (Phi) is 5.19. The molecule has 1 aliphatic heterocycles. The molecule has 2 heterocycles. The molecule has 1 saturated heterocycles. The summed E-state index contributed by atoms with van der Waals surface area (Å²) in [4.78, 5) is 29.2. The molecule has 1 aromatic rings. The lowest BCUT2D eigenvalue weighted by Gasteiger charge is -2.32. The van der Waals surface area contributed by atoms with Gasteiger partial charge in [-0.05, 0) is 18.9 Å². The Bertz CT molecular complexity index is 554. The third kappa shape index (κ3) is 3.66. The molecule has 0 bridgehead atoms. The molecule has 7 heteroatoms. The molecule has 0 saturated carbocycles. The fourth-order valence-electron chi connectivity index (χ4n) is 2.50. The van der Waals surface area contributed by atoms with Crippen molar-refractivity contribution in [1.82, 2.24) is 9.88 Å². The number of rotatable bonds is 4. The highest BCUT2D eigenvalue weighted by Gasteiger charge is 2.21. The van der Waals surface area contributed by atoms with E-state index in [0.717, 1.165) is 25.9 Å². The fraction of sp³-hybridized carbons (Fsp3) is 0.533. The second kappa shape index (κ2) is 7.11. The van der Waals surface area contributed by atoms with Gasteiger partial charge in [0, 0.05) is 26.1 Å². The van der Waals surface area contributed by atoms with Gasteiger partial charge in [0.1, 0.15) is 11.4 Å². The van der Waals surface area contributed by atoms with Crippen LogP contribution < -0.4 is 10.1 Å². The molecule has 120 valence electrons. The van der Waals surface area contributed by atoms with Crippen molar-refractivity contribution < 1.29 is 19.1 Å². The predicted octanol–water partition coefficient (Wildman–Crippen LogP) is 1.30. The van der Waals surface area contributed by atoms with Crippen LogP contribution in [0.4, 0.5) is 5.82 Å². The van der Waals surface area contributed by atoms with Gasteiger partial charge in [-0.1, -0.05) is 0 Å². The zero-order valence-corrected chi connectivity index (χ0v) is 13.1. The van der Waals surface area contributed by atoms with Gasteiger partial charge in [-0.25, -0.2) is 9.78 Å². The first kappa shape index (κ1) is 16.1. The van der Waals surface area contributed by atoms with Gasteiger partial charge >= 0.3 is 5.97 Å². The number of carbonyl (C=O) groups is 2. The van der Waals surface area contributed by atoms with Crippen LogP contribution in [0.3, 0.4) is 0 Å². The lowest BCUT2D eigenvalue weighted by Crippen LogP contribution is -2.41. The number of nitrogens with zero attached hydrogens (tertiary/aromatic N) is 2. The lowest BCUT2D eigenvalue weighted by molar-refractivity contribution is -0.129. The summed E-state index contributed by atoms with van der Waals surface area (Å²) in [6, 6.07) is 1.85. The summed E-state index contributed by atoms with van der Waals surface area (Å²) in [5.74, 6) is 0.619. The van der Waals surface area contributed by atoms with E-state index in [2.05, 4.69) is 10.3 Å². The van der Waals surface area contributed by atoms with E-state index in [1.807, 2.05) is 4.90 Å². The summed E-state index contributed by atoms with van der Waals surface area (Å²) in [5, 5.41) is 3.30. The number of hydrogen-bond acceptors (Lipinski definition) is 6. The van der Waals surface area contributed by atoms with E-state index in [9.17, 15) is 9.59 Å². The maximum Gasteiger partial charge on any atom is 0.341 e. The van der Waals surface area contributed by atoms with Gasteiger partial charge in [0.05, 0.1) is 20.4 Å². The molecule has 1 aromatic heterocycles. The standard InChI is InChI=1S/C15H21N3O4/c1-10(19)18-6-4-11(5-7-18)17-14-8-12(15(20)22-3)13(21-2)9-16-14/h8-9,11H,4-7H2,1-3H3,(H,16,17). The van der Waals surface area contributed by atoms with Crippen LogP contribution >= 0.6 is 0 Å². The highest BCUT2D eigenvalue weighted by atomic mass is 16.5. The number of amides is 1. The summed E-state index contributed by atoms with van der Waals surface area (Å²) in [6.45, 7) is 3.04. The molecule has 0 aromatic carbocycles. The van der Waals surface area contributed by atoms with E-state index in [-0.39, 0.29) is 11.9 Å². The number of likely N-dealkylation sites (tertiary alicyclic amines) is 1. The Labute approximate surface area is 129 Å². The van der Waals surface area contributed by atoms with Gasteiger partial charge in [-0.2, -0.15) is 0 Å². The molecule has 1 fully saturated rings. The highest BCUT2D eigenvalue weighted by Crippen LogP contribution is 2.22. The minimum atomic E-state index is -0.464. The monoisotopic (exact) mass is 307 g/mol. The number of hydrogen-bond donors (Lipinski definition) is 1. The Balaban J connectivity index is 2.04. The molecule has 0 atom stereocenters. The van der Waals surface area contributed by atoms with E-state index < -0.39 is 5.97 Å². The van der Waals surface area contributed by atoms with Crippen LogP contribution in [0.1, 0.15) is 30.1 Å². The van der Waals surface area contributed by atoms with Crippen LogP contribution in [0.15, 0.2) is 12.3 Å². The SMILES string of the molecule is COC(=O)c1cc(NC2CCN(C(C)=O)CC2)ncc1OC. The number of esters is 1. The highest BCUT2D eigenvalue weighted by molar-refractivity contribution is 5.93. The first-order valence-electron chi connectivity index (χ1n) is 7.19. The summed E-state index contributed by atoms with van der Waals surface area (Å²) in [5.41, 5.74) is 0.337. The fourth-order valence-corrected chi connectivity index (χ4v) is 2.50. The minimum Gasteiger partial charge on any atom is -0.494 e. The van der Waals surface area contributed by atoms with Gasteiger partial charge in [0.15, 0.2) is 5.75 Å². The summed E-state index contributed by atoms with van der Waals surface area (Å²) >= 11 is 0. The quantitative estimate of drug-likeness (QED) is 0.845. The van der Waals surface area contributed by atoms with E-state index >= 15 is 0 Å². The molecule has 22 heavy (non-hydrogen) atoms. The van der Waals surface area contributed by atoms with Crippen LogP contribution in [0.25, 0.3) is 0 Å². The van der Waals surface area contributed by atoms with Crippen molar-refractivity contribution in [1.29, 1.82) is 0 Å². The van der Waals surface area contributed by atoms with Crippen molar-refractivity contribution >= 4 is 17.7 Å². The topological polar surface area (TPSA) is 80.8 Å². The number of carbonyl (C=O) groups excluding carboxylic acids is 2. The van der Waals surface area contributed by atoms with Crippen molar-refractivity contribution in [3.05, 3.63) is 17.8 Å². The number of nitrogens with one attached hydrogen (secondary N) is 1. The third-order valence-corrected chi connectivity index (χ3v) is 3.78. The number of anilines is 1. The number of piperidine rings is 1. The number of aromatic nitrogens is 1. The molecule has 7 nitrogen and oxygen atoms in total. The Morgan fingerprint density at radius 1 is 1.32 bits per heavy atom. The second-order valence-corrected chi connectivity index (χ2v) is 5.19. The molecule has 1 aliphatic rings. The zero-order valence-electron chi connectivity index (χ0n) is 13.1. The van der Waals surface area contributed by atoms with Crippen LogP contribution in [0.2, 0.25) is 0 Å². The summed E-state index contributed by atoms with van der Waals surface area (Å²) in [6.07, 6.45) is 3.20. The molecule has 0 unspecified atom stereocenters. The van der Waals surface area contributed by atoms with Crippen molar-refractivity contribution in [2.24, 2.45) is 0 Å². The lowest BCUT2D eigenvalue weighted by atomic mass is 10.0. The molecular formula is C15H21N3O4. The normalized spacial score (nSPS) is 15.3. The second-order valence-electron chi connectivity index (χ2n) is 5.19. The molecular weight excluding hydrogens is 286 g/mol. The molecule has 2 rings (SSSR count). The van der Waals surface area contributed by atoms with E-state index in [4.69, 9.17) is 9.47 Å². The number of ether oxygens (including phenoxy) is 2. The molecule has 1 amide bonds. The van der Waals surface area contributed by atoms with Crippen molar-refractivity contribution in [2.75, 3.05) is 32.6 Å². The Hall–Kier alpha value is -2.31. The maximum atomic E-state index is 11.8. The summed E-state index contributed by atoms with van der Waals surface area (Å²) < 4.78 is 9.86. The van der Waals surface area contributed by atoms with Gasteiger partial charge in [-0.3, -0.25) is 4.79 Å². The number of pyridine rings is 1. The van der Waals surface area contributed by atoms with Crippen LogP contribution in [0, 0.1) is 0 Å². The van der Waals surface area contributed by atoms with Gasteiger partial charge in [0.2, 0.25) is 5.91 Å². The Morgan fingerprint density at radius 3 is 2.55 bits per heavy atom. The third-order valence-electron chi connectivity index (χ3n) is 3.78. The van der Waals surface area contributed by atoms with E-state index in [1.165, 1.54) is 20.4 Å². The molecule has 0 aliphatic carbocycles. The minimum absolute atomic E-state index is 0.106. The predicted molar refractivity (Wildman–Crippen MR) is 81.0 cm³/mol. The van der Waals surface area contributed by atoms with Gasteiger partial charge < -0.3 is 19.7 Å². The van der Waals surface area contributed by atoms with Crippen molar-refractivity contribution in [3.8, 4) is 5.75 Å². The van der Waals surface area contributed by atoms with Crippen LogP contribution in [0.5, 0.6) is 5.75 Å². The van der Waals surface area contributed by atoms with Crippen LogP contribution in [-0.2, 0) is 9.53 Å². The van der Waals surface area contributed by atoms with Gasteiger partial charge in [-0.15, -0.1) is 0 Å². The van der Waals surface area contributed by atoms with Crippen molar-refractivity contribution in [2.45, 2.75) is 25.8 Å². The maximum absolute atomic E-state index is 11.8. The van der Waals surface area contributed by atoms with E-state index in [1.54, 1.807) is 13.0 Å². The Morgan fingerprint density at radius 2 is 2.00 bits per heavy atom. The first-order valence-corrected chi connectivity index (χ1v) is 7.19. The number of methoxy groups -OCH3 is 2. The average molecular weight is 307 g/mol. The molecule has 0 spiro atoms. The zero-order chi connectivity index (χ0) is 16.1. The smallest absolute Gasteiger partial charge is 0.341 e. The first-order chi connectivity index (χ1) is 10.5.